The summed E-state index contributed by atoms with van der Waals surface area (Å²) in [5.41, 5.74) is 0.714. The predicted molar refractivity (Wildman–Crippen MR) is 62.8 cm³/mol. The average molecular weight is 230 g/mol. The lowest BCUT2D eigenvalue weighted by atomic mass is 9.98. The highest BCUT2D eigenvalue weighted by atomic mass is 35.5. The van der Waals surface area contributed by atoms with Crippen LogP contribution in [0, 0.1) is 11.7 Å². The summed E-state index contributed by atoms with van der Waals surface area (Å²) in [5, 5.41) is 3.31. The summed E-state index contributed by atoms with van der Waals surface area (Å²) in [7, 11) is 1.92. The fourth-order valence-electron chi connectivity index (χ4n) is 1.57. The van der Waals surface area contributed by atoms with Crippen molar-refractivity contribution in [3.05, 3.63) is 34.6 Å². The topological polar surface area (TPSA) is 12.0 Å². The van der Waals surface area contributed by atoms with Gasteiger partial charge in [-0.1, -0.05) is 30.7 Å². The number of rotatable bonds is 5. The quantitative estimate of drug-likeness (QED) is 0.817. The van der Waals surface area contributed by atoms with Crippen molar-refractivity contribution in [2.75, 3.05) is 13.6 Å². The van der Waals surface area contributed by atoms with Crippen LogP contribution in [0.3, 0.4) is 0 Å². The van der Waals surface area contributed by atoms with E-state index in [4.69, 9.17) is 11.6 Å². The average Bonchev–Trinajstić information content (AvgIpc) is 2.22. The van der Waals surface area contributed by atoms with Crippen LogP contribution >= 0.6 is 11.6 Å². The van der Waals surface area contributed by atoms with Gasteiger partial charge in [0.2, 0.25) is 0 Å². The van der Waals surface area contributed by atoms with Crippen molar-refractivity contribution in [2.24, 2.45) is 5.92 Å². The molecule has 0 spiro atoms. The maximum atomic E-state index is 13.5. The van der Waals surface area contributed by atoms with Gasteiger partial charge in [-0.25, -0.2) is 4.39 Å². The van der Waals surface area contributed by atoms with Crippen LogP contribution < -0.4 is 5.32 Å². The summed E-state index contributed by atoms with van der Waals surface area (Å²) < 4.78 is 13.5. The molecule has 0 radical (unpaired) electrons. The first-order valence-electron chi connectivity index (χ1n) is 5.22. The Hall–Kier alpha value is -0.600. The molecular formula is C12H17ClFN. The molecule has 1 N–H and O–H groups in total. The van der Waals surface area contributed by atoms with Gasteiger partial charge in [-0.3, -0.25) is 0 Å². The van der Waals surface area contributed by atoms with Crippen LogP contribution in [0.25, 0.3) is 0 Å². The first-order chi connectivity index (χ1) is 7.15. The molecule has 1 unspecified atom stereocenters. The summed E-state index contributed by atoms with van der Waals surface area (Å²) in [6.07, 6.45) is 1.79. The van der Waals surface area contributed by atoms with Crippen molar-refractivity contribution in [3.8, 4) is 0 Å². The van der Waals surface area contributed by atoms with E-state index in [0.717, 1.165) is 19.4 Å². The van der Waals surface area contributed by atoms with E-state index < -0.39 is 0 Å². The summed E-state index contributed by atoms with van der Waals surface area (Å²) in [4.78, 5) is 0. The van der Waals surface area contributed by atoms with Crippen molar-refractivity contribution in [3.63, 3.8) is 0 Å². The first kappa shape index (κ1) is 12.5. The normalized spacial score (nSPS) is 12.8. The number of hydrogen-bond acceptors (Lipinski definition) is 1. The van der Waals surface area contributed by atoms with Gasteiger partial charge in [0.15, 0.2) is 0 Å². The highest BCUT2D eigenvalue weighted by Gasteiger charge is 2.09. The molecule has 1 nitrogen and oxygen atoms in total. The molecule has 0 saturated heterocycles. The molecule has 0 heterocycles. The predicted octanol–water partition coefficient (Wildman–Crippen LogP) is 3.27. The number of hydrogen-bond donors (Lipinski definition) is 1. The van der Waals surface area contributed by atoms with Crippen LogP contribution in [0.2, 0.25) is 5.02 Å². The molecule has 0 fully saturated rings. The van der Waals surface area contributed by atoms with Gasteiger partial charge < -0.3 is 5.32 Å². The first-order valence-corrected chi connectivity index (χ1v) is 5.60. The molecule has 0 aliphatic heterocycles. The van der Waals surface area contributed by atoms with Crippen LogP contribution in [0.1, 0.15) is 18.9 Å². The molecule has 1 atom stereocenters. The smallest absolute Gasteiger partial charge is 0.144 e. The molecule has 0 saturated carbocycles. The van der Waals surface area contributed by atoms with E-state index in [1.807, 2.05) is 7.05 Å². The minimum Gasteiger partial charge on any atom is -0.320 e. The molecule has 0 amide bonds. The molecule has 1 aromatic carbocycles. The van der Waals surface area contributed by atoms with E-state index in [1.165, 1.54) is 0 Å². The van der Waals surface area contributed by atoms with E-state index in [-0.39, 0.29) is 10.8 Å². The molecular weight excluding hydrogens is 213 g/mol. The van der Waals surface area contributed by atoms with E-state index in [1.54, 1.807) is 18.2 Å². The third-order valence-corrected chi connectivity index (χ3v) is 2.78. The highest BCUT2D eigenvalue weighted by molar-refractivity contribution is 6.30. The van der Waals surface area contributed by atoms with E-state index in [9.17, 15) is 4.39 Å². The van der Waals surface area contributed by atoms with Gasteiger partial charge in [0.25, 0.3) is 0 Å². The zero-order valence-electron chi connectivity index (χ0n) is 9.19. The number of halogens is 2. The molecule has 15 heavy (non-hydrogen) atoms. The van der Waals surface area contributed by atoms with Gasteiger partial charge in [-0.2, -0.15) is 0 Å². The second-order valence-corrected chi connectivity index (χ2v) is 4.32. The van der Waals surface area contributed by atoms with Crippen LogP contribution in [0.4, 0.5) is 4.39 Å². The molecule has 84 valence electrons. The van der Waals surface area contributed by atoms with Crippen LogP contribution in [0.15, 0.2) is 18.2 Å². The van der Waals surface area contributed by atoms with Crippen LogP contribution in [-0.2, 0) is 6.42 Å². The molecule has 1 rings (SSSR count). The monoisotopic (exact) mass is 229 g/mol. The van der Waals surface area contributed by atoms with Gasteiger partial charge in [-0.05, 0) is 44.0 Å². The number of benzene rings is 1. The summed E-state index contributed by atoms with van der Waals surface area (Å²) in [6.45, 7) is 3.08. The summed E-state index contributed by atoms with van der Waals surface area (Å²) >= 11 is 5.71. The van der Waals surface area contributed by atoms with E-state index >= 15 is 0 Å². The van der Waals surface area contributed by atoms with Crippen molar-refractivity contribution in [1.29, 1.82) is 0 Å². The van der Waals surface area contributed by atoms with E-state index in [2.05, 4.69) is 12.2 Å². The lowest BCUT2D eigenvalue weighted by Gasteiger charge is -2.12. The highest BCUT2D eigenvalue weighted by Crippen LogP contribution is 2.21. The van der Waals surface area contributed by atoms with Crippen molar-refractivity contribution in [1.82, 2.24) is 5.32 Å². The van der Waals surface area contributed by atoms with Crippen LogP contribution in [0.5, 0.6) is 0 Å². The fourth-order valence-corrected chi connectivity index (χ4v) is 1.77. The largest absolute Gasteiger partial charge is 0.320 e. The Kier molecular flexibility index (Phi) is 5.06. The zero-order valence-corrected chi connectivity index (χ0v) is 9.94. The van der Waals surface area contributed by atoms with Crippen molar-refractivity contribution < 1.29 is 4.39 Å². The SMILES string of the molecule is CNCCC(C)Cc1cccc(Cl)c1F. The van der Waals surface area contributed by atoms with Gasteiger partial charge in [0, 0.05) is 0 Å². The Morgan fingerprint density at radius 1 is 1.47 bits per heavy atom. The molecule has 0 aromatic heterocycles. The molecule has 1 aromatic rings. The third-order valence-electron chi connectivity index (χ3n) is 2.49. The molecule has 3 heteroatoms. The lowest BCUT2D eigenvalue weighted by molar-refractivity contribution is 0.499. The summed E-state index contributed by atoms with van der Waals surface area (Å²) in [5.74, 6) is 0.195. The lowest BCUT2D eigenvalue weighted by Crippen LogP contribution is -2.13. The van der Waals surface area contributed by atoms with Crippen molar-refractivity contribution in [2.45, 2.75) is 19.8 Å². The van der Waals surface area contributed by atoms with Gasteiger partial charge in [0.1, 0.15) is 5.82 Å². The number of nitrogens with one attached hydrogen (secondary N) is 1. The Morgan fingerprint density at radius 3 is 2.87 bits per heavy atom. The minimum atomic E-state index is -0.268. The van der Waals surface area contributed by atoms with Crippen LogP contribution in [-0.4, -0.2) is 13.6 Å². The minimum absolute atomic E-state index is 0.216. The standard InChI is InChI=1S/C12H17ClFN/c1-9(6-7-15-2)8-10-4-3-5-11(13)12(10)14/h3-5,9,15H,6-8H2,1-2H3. The Morgan fingerprint density at radius 2 is 2.20 bits per heavy atom. The second-order valence-electron chi connectivity index (χ2n) is 3.91. The zero-order chi connectivity index (χ0) is 11.3. The van der Waals surface area contributed by atoms with Crippen molar-refractivity contribution >= 4 is 11.6 Å². The third kappa shape index (κ3) is 3.80. The van der Waals surface area contributed by atoms with E-state index in [0.29, 0.717) is 11.5 Å². The maximum Gasteiger partial charge on any atom is 0.144 e. The fraction of sp³-hybridized carbons (Fsp3) is 0.500. The molecule has 0 bridgehead atoms. The Labute approximate surface area is 95.6 Å². The maximum absolute atomic E-state index is 13.5. The Balaban J connectivity index is 2.60. The van der Waals surface area contributed by atoms with Gasteiger partial charge in [-0.15, -0.1) is 0 Å². The van der Waals surface area contributed by atoms with Gasteiger partial charge >= 0.3 is 0 Å². The summed E-state index contributed by atoms with van der Waals surface area (Å²) in [6, 6.07) is 5.18. The molecule has 0 aliphatic rings. The Bertz CT molecular complexity index is 314. The van der Waals surface area contributed by atoms with Gasteiger partial charge in [0.05, 0.1) is 5.02 Å². The molecule has 0 aliphatic carbocycles. The second kappa shape index (κ2) is 6.09.